The smallest absolute Gasteiger partial charge is 0.229 e. The average molecular weight is 265 g/mol. The van der Waals surface area contributed by atoms with Gasteiger partial charge in [0.25, 0.3) is 0 Å². The maximum Gasteiger partial charge on any atom is 0.229 e. The molecule has 3 rings (SSSR count). The van der Waals surface area contributed by atoms with Crippen LogP contribution in [0, 0.1) is 16.2 Å². The zero-order valence-electron chi connectivity index (χ0n) is 12.1. The van der Waals surface area contributed by atoms with Crippen LogP contribution in [0.4, 0.5) is 0 Å². The Morgan fingerprint density at radius 2 is 1.79 bits per heavy atom. The molecule has 4 heteroatoms. The summed E-state index contributed by atoms with van der Waals surface area (Å²) in [6, 6.07) is 0. The standard InChI is InChI=1S/C15H23NO3/c1-13(2)14(3)4-5-15(13,10-11(14)17)12(18)16-6-8-19-9-7-16/h4-10H2,1-3H3/t14-,15-/m1/s1. The minimum absolute atomic E-state index is 0.190. The van der Waals surface area contributed by atoms with Gasteiger partial charge in [0.05, 0.1) is 18.6 Å². The summed E-state index contributed by atoms with van der Waals surface area (Å²) in [5.41, 5.74) is -1.00. The van der Waals surface area contributed by atoms with Crippen molar-refractivity contribution < 1.29 is 14.3 Å². The lowest BCUT2D eigenvalue weighted by atomic mass is 9.64. The van der Waals surface area contributed by atoms with Crippen LogP contribution in [0.15, 0.2) is 0 Å². The maximum absolute atomic E-state index is 13.0. The molecule has 3 fully saturated rings. The minimum atomic E-state index is -0.462. The first kappa shape index (κ1) is 13.1. The lowest BCUT2D eigenvalue weighted by Gasteiger charge is -2.42. The predicted octanol–water partition coefficient (Wildman–Crippen LogP) is 1.63. The monoisotopic (exact) mass is 265 g/mol. The number of Topliss-reactive ketones (excluding diaryl/α,β-unsaturated/α-hetero) is 1. The van der Waals surface area contributed by atoms with Crippen molar-refractivity contribution in [3.63, 3.8) is 0 Å². The molecule has 0 N–H and O–H groups in total. The molecule has 2 aliphatic carbocycles. The van der Waals surface area contributed by atoms with Crippen LogP contribution in [0.3, 0.4) is 0 Å². The quantitative estimate of drug-likeness (QED) is 0.724. The second kappa shape index (κ2) is 3.81. The van der Waals surface area contributed by atoms with E-state index in [1.54, 1.807) is 0 Å². The highest BCUT2D eigenvalue weighted by Crippen LogP contribution is 2.70. The van der Waals surface area contributed by atoms with Gasteiger partial charge >= 0.3 is 0 Å². The van der Waals surface area contributed by atoms with E-state index in [9.17, 15) is 9.59 Å². The van der Waals surface area contributed by atoms with Gasteiger partial charge in [0.15, 0.2) is 0 Å². The number of ether oxygens (including phenoxy) is 1. The topological polar surface area (TPSA) is 46.6 Å². The van der Waals surface area contributed by atoms with E-state index in [4.69, 9.17) is 4.74 Å². The average Bonchev–Trinajstić information content (AvgIpc) is 2.69. The van der Waals surface area contributed by atoms with Crippen LogP contribution < -0.4 is 0 Å². The van der Waals surface area contributed by atoms with E-state index >= 15 is 0 Å². The van der Waals surface area contributed by atoms with E-state index in [1.165, 1.54) is 0 Å². The number of nitrogens with zero attached hydrogens (tertiary/aromatic N) is 1. The highest BCUT2D eigenvalue weighted by atomic mass is 16.5. The Morgan fingerprint density at radius 3 is 2.26 bits per heavy atom. The van der Waals surface area contributed by atoms with Gasteiger partial charge in [0.1, 0.15) is 5.78 Å². The molecule has 0 radical (unpaired) electrons. The molecule has 3 aliphatic rings. The first-order valence-electron chi connectivity index (χ1n) is 7.26. The van der Waals surface area contributed by atoms with Crippen LogP contribution >= 0.6 is 0 Å². The highest BCUT2D eigenvalue weighted by molar-refractivity contribution is 5.99. The van der Waals surface area contributed by atoms with Crippen molar-refractivity contribution in [2.24, 2.45) is 16.2 Å². The summed E-state index contributed by atoms with van der Waals surface area (Å²) in [6.07, 6.45) is 2.15. The Hall–Kier alpha value is -0.900. The number of morpholine rings is 1. The molecule has 0 aromatic carbocycles. The van der Waals surface area contributed by atoms with E-state index in [-0.39, 0.29) is 22.5 Å². The van der Waals surface area contributed by atoms with Crippen molar-refractivity contribution in [1.82, 2.24) is 4.90 Å². The van der Waals surface area contributed by atoms with Crippen molar-refractivity contribution in [2.45, 2.75) is 40.0 Å². The lowest BCUT2D eigenvalue weighted by molar-refractivity contribution is -0.151. The van der Waals surface area contributed by atoms with Gasteiger partial charge in [0, 0.05) is 24.9 Å². The van der Waals surface area contributed by atoms with E-state index < -0.39 is 5.41 Å². The molecule has 0 aromatic rings. The van der Waals surface area contributed by atoms with E-state index in [0.717, 1.165) is 12.8 Å². The summed E-state index contributed by atoms with van der Waals surface area (Å²) in [7, 11) is 0. The number of carbonyl (C=O) groups excluding carboxylic acids is 2. The van der Waals surface area contributed by atoms with Crippen LogP contribution in [0.25, 0.3) is 0 Å². The Kier molecular flexibility index (Phi) is 2.63. The van der Waals surface area contributed by atoms with Crippen molar-refractivity contribution in [2.75, 3.05) is 26.3 Å². The summed E-state index contributed by atoms with van der Waals surface area (Å²) in [4.78, 5) is 27.3. The van der Waals surface area contributed by atoms with Crippen molar-refractivity contribution in [3.05, 3.63) is 0 Å². The van der Waals surface area contributed by atoms with E-state index in [2.05, 4.69) is 20.8 Å². The second-order valence-electron chi connectivity index (χ2n) is 7.04. The first-order valence-corrected chi connectivity index (χ1v) is 7.26. The van der Waals surface area contributed by atoms with Gasteiger partial charge in [-0.15, -0.1) is 0 Å². The number of hydrogen-bond acceptors (Lipinski definition) is 3. The molecule has 2 atom stereocenters. The van der Waals surface area contributed by atoms with E-state index in [1.807, 2.05) is 4.90 Å². The van der Waals surface area contributed by atoms with Gasteiger partial charge in [-0.3, -0.25) is 9.59 Å². The molecule has 2 bridgehead atoms. The van der Waals surface area contributed by atoms with Gasteiger partial charge in [0.2, 0.25) is 5.91 Å². The van der Waals surface area contributed by atoms with Gasteiger partial charge in [-0.2, -0.15) is 0 Å². The van der Waals surface area contributed by atoms with Gasteiger partial charge in [-0.05, 0) is 18.3 Å². The van der Waals surface area contributed by atoms with Crippen molar-refractivity contribution >= 4 is 11.7 Å². The fourth-order valence-corrected chi connectivity index (χ4v) is 4.40. The summed E-state index contributed by atoms with van der Waals surface area (Å²) >= 11 is 0. The molecule has 1 amide bonds. The number of carbonyl (C=O) groups is 2. The van der Waals surface area contributed by atoms with Crippen molar-refractivity contribution in [1.29, 1.82) is 0 Å². The third kappa shape index (κ3) is 1.38. The molecular weight excluding hydrogens is 242 g/mol. The summed E-state index contributed by atoms with van der Waals surface area (Å²) in [5, 5.41) is 0. The highest BCUT2D eigenvalue weighted by Gasteiger charge is 2.72. The molecular formula is C15H23NO3. The molecule has 0 spiro atoms. The molecule has 106 valence electrons. The summed E-state index contributed by atoms with van der Waals surface area (Å²) in [5.74, 6) is 0.473. The zero-order chi connectivity index (χ0) is 13.9. The number of ketones is 1. The molecule has 4 nitrogen and oxygen atoms in total. The predicted molar refractivity (Wildman–Crippen MR) is 70.6 cm³/mol. The number of fused-ring (bicyclic) bond motifs is 2. The maximum atomic E-state index is 13.0. The molecule has 0 unspecified atom stereocenters. The number of hydrogen-bond donors (Lipinski definition) is 0. The largest absolute Gasteiger partial charge is 0.378 e. The third-order valence-electron chi connectivity index (χ3n) is 6.41. The van der Waals surface area contributed by atoms with Crippen LogP contribution in [-0.4, -0.2) is 42.9 Å². The molecule has 1 saturated heterocycles. The number of amides is 1. The minimum Gasteiger partial charge on any atom is -0.378 e. The third-order valence-corrected chi connectivity index (χ3v) is 6.41. The van der Waals surface area contributed by atoms with Gasteiger partial charge < -0.3 is 9.64 Å². The molecule has 0 aromatic heterocycles. The number of rotatable bonds is 1. The Labute approximate surface area is 114 Å². The molecule has 1 heterocycles. The van der Waals surface area contributed by atoms with E-state index in [0.29, 0.717) is 32.7 Å². The first-order chi connectivity index (χ1) is 8.85. The Morgan fingerprint density at radius 1 is 1.16 bits per heavy atom. The second-order valence-corrected chi connectivity index (χ2v) is 7.04. The molecule has 2 saturated carbocycles. The van der Waals surface area contributed by atoms with Crippen LogP contribution in [-0.2, 0) is 14.3 Å². The molecule has 1 aliphatic heterocycles. The van der Waals surface area contributed by atoms with Crippen LogP contribution in [0.2, 0.25) is 0 Å². The normalized spacial score (nSPS) is 40.8. The fourth-order valence-electron chi connectivity index (χ4n) is 4.40. The van der Waals surface area contributed by atoms with Crippen molar-refractivity contribution in [3.8, 4) is 0 Å². The Bertz CT molecular complexity index is 439. The van der Waals surface area contributed by atoms with Gasteiger partial charge in [-0.1, -0.05) is 20.8 Å². The SMILES string of the molecule is CC1(C)[C@]2(C(=O)N3CCOCC3)CC[C@]1(C)C(=O)C2. The Balaban J connectivity index is 1.95. The molecule has 19 heavy (non-hydrogen) atoms. The lowest BCUT2D eigenvalue weighted by Crippen LogP contribution is -2.51. The van der Waals surface area contributed by atoms with Crippen LogP contribution in [0.1, 0.15) is 40.0 Å². The van der Waals surface area contributed by atoms with Crippen LogP contribution in [0.5, 0.6) is 0 Å². The van der Waals surface area contributed by atoms with Gasteiger partial charge in [-0.25, -0.2) is 0 Å². The fraction of sp³-hybridized carbons (Fsp3) is 0.867. The summed E-state index contributed by atoms with van der Waals surface area (Å²) < 4.78 is 5.32. The summed E-state index contributed by atoms with van der Waals surface area (Å²) in [6.45, 7) is 8.85. The zero-order valence-corrected chi connectivity index (χ0v) is 12.1.